The van der Waals surface area contributed by atoms with E-state index in [0.29, 0.717) is 39.6 Å². The second-order valence-electron chi connectivity index (χ2n) is 10.1. The lowest BCUT2D eigenvalue weighted by atomic mass is 9.86. The van der Waals surface area contributed by atoms with E-state index in [1.807, 2.05) is 17.0 Å². The van der Waals surface area contributed by atoms with E-state index in [4.69, 9.17) is 9.72 Å². The Morgan fingerprint density at radius 3 is 2.92 bits per heavy atom. The zero-order valence-corrected chi connectivity index (χ0v) is 21.7. The van der Waals surface area contributed by atoms with Gasteiger partial charge in [0.25, 0.3) is 0 Å². The van der Waals surface area contributed by atoms with Gasteiger partial charge in [-0.05, 0) is 62.6 Å². The first-order valence-electron chi connectivity index (χ1n) is 13.1. The van der Waals surface area contributed by atoms with Crippen molar-refractivity contribution in [1.29, 1.82) is 0 Å². The number of nitrogens with one attached hydrogen (secondary N) is 1. The second kappa shape index (κ2) is 9.37. The van der Waals surface area contributed by atoms with Gasteiger partial charge in [0.05, 0.1) is 11.2 Å². The molecular formula is C29H25FN8O2. The fourth-order valence-electron chi connectivity index (χ4n) is 6.00. The molecule has 5 aromatic rings. The highest BCUT2D eigenvalue weighted by molar-refractivity contribution is 5.89. The number of carbonyl (C=O) groups is 1. The predicted octanol–water partition coefficient (Wildman–Crippen LogP) is 5.08. The molecule has 1 N–H and O–H groups in total. The summed E-state index contributed by atoms with van der Waals surface area (Å²) in [7, 11) is 0. The molecule has 0 spiro atoms. The Morgan fingerprint density at radius 2 is 2.05 bits per heavy atom. The van der Waals surface area contributed by atoms with Gasteiger partial charge in [0.2, 0.25) is 5.91 Å². The van der Waals surface area contributed by atoms with Gasteiger partial charge < -0.3 is 15.0 Å². The minimum absolute atomic E-state index is 0.0289. The molecule has 2 saturated heterocycles. The van der Waals surface area contributed by atoms with E-state index in [1.54, 1.807) is 41.9 Å². The number of hydrogen-bond donors (Lipinski definition) is 1. The van der Waals surface area contributed by atoms with E-state index in [9.17, 15) is 4.79 Å². The molecule has 1 aromatic carbocycles. The molecule has 10 nitrogen and oxygen atoms in total. The van der Waals surface area contributed by atoms with Crippen LogP contribution in [0.25, 0.3) is 16.7 Å². The van der Waals surface area contributed by atoms with Crippen LogP contribution in [0.2, 0.25) is 0 Å². The SMILES string of the molecule is C=CC(=O)N1[C@@H]2CC[C@H]1[C@H](c1ccc3ncnc(Nc4ccc(Oc5ccn6ncnc6c5)c(C)c4F)c3n1)C2. The Bertz CT molecular complexity index is 1800. The van der Waals surface area contributed by atoms with Crippen molar-refractivity contribution in [3.63, 3.8) is 0 Å². The molecule has 3 atom stereocenters. The van der Waals surface area contributed by atoms with Crippen LogP contribution in [0.5, 0.6) is 11.5 Å². The van der Waals surface area contributed by atoms with Crippen LogP contribution < -0.4 is 10.1 Å². The molecule has 1 amide bonds. The van der Waals surface area contributed by atoms with E-state index >= 15 is 4.39 Å². The molecule has 11 heteroatoms. The van der Waals surface area contributed by atoms with Crippen molar-refractivity contribution < 1.29 is 13.9 Å². The molecule has 200 valence electrons. The van der Waals surface area contributed by atoms with Crippen molar-refractivity contribution in [3.8, 4) is 11.5 Å². The van der Waals surface area contributed by atoms with Crippen LogP contribution in [0, 0.1) is 12.7 Å². The van der Waals surface area contributed by atoms with E-state index in [1.165, 1.54) is 18.7 Å². The van der Waals surface area contributed by atoms with Crippen LogP contribution in [-0.2, 0) is 4.79 Å². The number of anilines is 2. The van der Waals surface area contributed by atoms with E-state index < -0.39 is 5.82 Å². The van der Waals surface area contributed by atoms with Crippen LogP contribution in [0.15, 0.2) is 67.9 Å². The average Bonchev–Trinajstić information content (AvgIpc) is 3.71. The molecule has 0 saturated carbocycles. The lowest BCUT2D eigenvalue weighted by molar-refractivity contribution is -0.127. The number of aromatic nitrogens is 6. The number of amides is 1. The Hall–Kier alpha value is -4.93. The van der Waals surface area contributed by atoms with E-state index in [-0.39, 0.29) is 29.6 Å². The Kier molecular flexibility index (Phi) is 5.65. The number of rotatable bonds is 6. The van der Waals surface area contributed by atoms with Crippen molar-refractivity contribution in [2.75, 3.05) is 5.32 Å². The average molecular weight is 537 g/mol. The van der Waals surface area contributed by atoms with Crippen molar-refractivity contribution in [2.45, 2.75) is 44.2 Å². The van der Waals surface area contributed by atoms with Gasteiger partial charge in [-0.1, -0.05) is 6.58 Å². The summed E-state index contributed by atoms with van der Waals surface area (Å²) >= 11 is 0. The van der Waals surface area contributed by atoms with Gasteiger partial charge in [-0.25, -0.2) is 28.8 Å². The zero-order chi connectivity index (χ0) is 27.4. The highest BCUT2D eigenvalue weighted by atomic mass is 19.1. The molecule has 6 heterocycles. The number of pyridine rings is 2. The van der Waals surface area contributed by atoms with Crippen molar-refractivity contribution >= 4 is 34.1 Å². The summed E-state index contributed by atoms with van der Waals surface area (Å²) in [5.74, 6) is 0.936. The maximum absolute atomic E-state index is 15.6. The summed E-state index contributed by atoms with van der Waals surface area (Å²) in [5, 5.41) is 7.18. The molecule has 0 aliphatic carbocycles. The van der Waals surface area contributed by atoms with Gasteiger partial charge in [0.1, 0.15) is 29.7 Å². The van der Waals surface area contributed by atoms with Gasteiger partial charge in [-0.2, -0.15) is 5.10 Å². The molecule has 2 aliphatic rings. The van der Waals surface area contributed by atoms with E-state index in [0.717, 1.165) is 25.0 Å². The summed E-state index contributed by atoms with van der Waals surface area (Å²) in [6.45, 7) is 5.32. The summed E-state index contributed by atoms with van der Waals surface area (Å²) < 4.78 is 23.1. The molecule has 7 rings (SSSR count). The van der Waals surface area contributed by atoms with Crippen LogP contribution >= 0.6 is 0 Å². The summed E-state index contributed by atoms with van der Waals surface area (Å²) in [5.41, 5.74) is 3.28. The smallest absolute Gasteiger partial charge is 0.246 e. The Morgan fingerprint density at radius 1 is 1.15 bits per heavy atom. The molecule has 0 radical (unpaired) electrons. The number of hydrogen-bond acceptors (Lipinski definition) is 8. The number of halogens is 1. The summed E-state index contributed by atoms with van der Waals surface area (Å²) in [6, 6.07) is 11.0. The maximum Gasteiger partial charge on any atom is 0.246 e. The third-order valence-corrected chi connectivity index (χ3v) is 7.92. The van der Waals surface area contributed by atoms with Crippen LogP contribution in [0.1, 0.15) is 36.4 Å². The molecule has 2 bridgehead atoms. The minimum atomic E-state index is -0.462. The maximum atomic E-state index is 15.6. The van der Waals surface area contributed by atoms with Gasteiger partial charge >= 0.3 is 0 Å². The normalized spacial score (nSPS) is 19.9. The van der Waals surface area contributed by atoms with Gasteiger partial charge in [0.15, 0.2) is 17.3 Å². The topological polar surface area (TPSA) is 110 Å². The monoisotopic (exact) mass is 536 g/mol. The number of ether oxygens (including phenoxy) is 1. The molecular weight excluding hydrogens is 511 g/mol. The number of nitrogens with zero attached hydrogens (tertiary/aromatic N) is 7. The molecule has 2 fully saturated rings. The highest BCUT2D eigenvalue weighted by Crippen LogP contribution is 2.46. The van der Waals surface area contributed by atoms with E-state index in [2.05, 4.69) is 31.9 Å². The highest BCUT2D eigenvalue weighted by Gasteiger charge is 2.48. The summed E-state index contributed by atoms with van der Waals surface area (Å²) in [4.78, 5) is 32.2. The quantitative estimate of drug-likeness (QED) is 0.299. The molecule has 0 unspecified atom stereocenters. The minimum Gasteiger partial charge on any atom is -0.457 e. The second-order valence-corrected chi connectivity index (χ2v) is 10.1. The lowest BCUT2D eigenvalue weighted by Gasteiger charge is -2.23. The zero-order valence-electron chi connectivity index (χ0n) is 21.7. The summed E-state index contributed by atoms with van der Waals surface area (Å²) in [6.07, 6.45) is 8.80. The third-order valence-electron chi connectivity index (χ3n) is 7.92. The standard InChI is InChI=1S/C29H25FN8O2/c1-3-26(39)38-17-4-8-23(38)19(12-17)20-5-6-22-28(35-20)29(33-14-31-22)36-21-7-9-24(16(2)27(21)30)40-18-10-11-37-25(13-18)32-15-34-37/h3,5-7,9-11,13-15,17,19,23H,1,4,8,12H2,2H3,(H,31,33,36)/t17-,19+,23+/m1/s1. The number of fused-ring (bicyclic) bond motifs is 4. The van der Waals surface area contributed by atoms with Crippen molar-refractivity contribution in [3.05, 3.63) is 85.0 Å². The first-order chi connectivity index (χ1) is 19.5. The Balaban J connectivity index is 1.17. The van der Waals surface area contributed by atoms with Crippen LogP contribution in [0.3, 0.4) is 0 Å². The van der Waals surface area contributed by atoms with Crippen LogP contribution in [-0.4, -0.2) is 52.4 Å². The molecule has 4 aromatic heterocycles. The first kappa shape index (κ1) is 24.1. The molecule has 2 aliphatic heterocycles. The first-order valence-corrected chi connectivity index (χ1v) is 13.1. The van der Waals surface area contributed by atoms with Gasteiger partial charge in [-0.15, -0.1) is 0 Å². The van der Waals surface area contributed by atoms with Crippen molar-refractivity contribution in [2.24, 2.45) is 0 Å². The third kappa shape index (κ3) is 3.93. The van der Waals surface area contributed by atoms with Gasteiger partial charge in [-0.3, -0.25) is 4.79 Å². The number of carbonyl (C=O) groups excluding carboxylic acids is 1. The predicted molar refractivity (Wildman–Crippen MR) is 146 cm³/mol. The van der Waals surface area contributed by atoms with Gasteiger partial charge in [0, 0.05) is 41.5 Å². The van der Waals surface area contributed by atoms with Crippen LogP contribution in [0.4, 0.5) is 15.9 Å². The molecule has 40 heavy (non-hydrogen) atoms. The fourth-order valence-corrected chi connectivity index (χ4v) is 6.00. The fraction of sp³-hybridized carbons (Fsp3) is 0.241. The lowest BCUT2D eigenvalue weighted by Crippen LogP contribution is -2.34. The number of benzene rings is 1. The Labute approximate surface area is 228 Å². The van der Waals surface area contributed by atoms with Crippen molar-refractivity contribution in [1.82, 2.24) is 34.4 Å². The largest absolute Gasteiger partial charge is 0.457 e.